The minimum Gasteiger partial charge on any atom is -0.476 e. The zero-order valence-electron chi connectivity index (χ0n) is 13.2. The van der Waals surface area contributed by atoms with Gasteiger partial charge in [-0.1, -0.05) is 42.2 Å². The number of nitrogens with one attached hydrogen (secondary N) is 1. The van der Waals surface area contributed by atoms with Crippen molar-refractivity contribution >= 4 is 45.7 Å². The monoisotopic (exact) mass is 364 g/mol. The van der Waals surface area contributed by atoms with Crippen molar-refractivity contribution < 1.29 is 14.3 Å². The van der Waals surface area contributed by atoms with Gasteiger partial charge in [-0.2, -0.15) is 0 Å². The van der Waals surface area contributed by atoms with Gasteiger partial charge >= 0.3 is 0 Å². The number of thioether (sulfide) groups is 1. The molecule has 24 heavy (non-hydrogen) atoms. The predicted molar refractivity (Wildman–Crippen MR) is 93.8 cm³/mol. The first-order valence-corrected chi connectivity index (χ1v) is 9.19. The maximum atomic E-state index is 12.5. The van der Waals surface area contributed by atoms with Gasteiger partial charge in [0.1, 0.15) is 5.75 Å². The quantitative estimate of drug-likeness (QED) is 0.662. The molecule has 2 aromatic rings. The van der Waals surface area contributed by atoms with Crippen LogP contribution in [0.25, 0.3) is 0 Å². The summed E-state index contributed by atoms with van der Waals surface area (Å²) in [4.78, 5) is 25.9. The Morgan fingerprint density at radius 2 is 2.21 bits per heavy atom. The van der Waals surface area contributed by atoms with E-state index in [4.69, 9.17) is 4.74 Å². The molecule has 7 nitrogen and oxygen atoms in total. The summed E-state index contributed by atoms with van der Waals surface area (Å²) in [5.74, 6) is 0.915. The van der Waals surface area contributed by atoms with Crippen molar-refractivity contribution in [3.63, 3.8) is 0 Å². The summed E-state index contributed by atoms with van der Waals surface area (Å²) in [6, 6.07) is 7.17. The molecule has 1 aliphatic rings. The van der Waals surface area contributed by atoms with E-state index in [-0.39, 0.29) is 18.4 Å². The summed E-state index contributed by atoms with van der Waals surface area (Å²) in [6.45, 7) is 3.65. The number of carbonyl (C=O) groups excluding carboxylic acids is 2. The summed E-state index contributed by atoms with van der Waals surface area (Å²) in [6.07, 6.45) is -0.796. The van der Waals surface area contributed by atoms with Crippen molar-refractivity contribution in [1.82, 2.24) is 10.2 Å². The summed E-state index contributed by atoms with van der Waals surface area (Å²) in [5, 5.41) is 11.1. The van der Waals surface area contributed by atoms with E-state index in [0.717, 1.165) is 10.1 Å². The van der Waals surface area contributed by atoms with E-state index in [0.29, 0.717) is 16.6 Å². The molecule has 0 saturated carbocycles. The van der Waals surface area contributed by atoms with Gasteiger partial charge in [-0.3, -0.25) is 14.9 Å². The highest BCUT2D eigenvalue weighted by Gasteiger charge is 2.32. The number of hydrogen-bond donors (Lipinski definition) is 1. The van der Waals surface area contributed by atoms with Crippen molar-refractivity contribution in [1.29, 1.82) is 0 Å². The number of fused-ring (bicyclic) bond motifs is 1. The average molecular weight is 364 g/mol. The number of rotatable bonds is 4. The van der Waals surface area contributed by atoms with E-state index in [9.17, 15) is 9.59 Å². The van der Waals surface area contributed by atoms with Gasteiger partial charge < -0.3 is 9.64 Å². The molecule has 2 amide bonds. The molecule has 3 rings (SSSR count). The SMILES string of the molecule is CCSc1nnc(NC(=O)[C@@H]2CN(C(C)=O)c3ccccc3O2)s1. The lowest BCUT2D eigenvalue weighted by atomic mass is 10.2. The van der Waals surface area contributed by atoms with Crippen molar-refractivity contribution in [3.8, 4) is 5.75 Å². The van der Waals surface area contributed by atoms with Crippen LogP contribution < -0.4 is 15.0 Å². The van der Waals surface area contributed by atoms with Gasteiger partial charge in [0.05, 0.1) is 12.2 Å². The van der Waals surface area contributed by atoms with Crippen LogP contribution in [0.2, 0.25) is 0 Å². The lowest BCUT2D eigenvalue weighted by molar-refractivity contribution is -0.123. The highest BCUT2D eigenvalue weighted by molar-refractivity contribution is 8.01. The number of anilines is 2. The molecule has 2 heterocycles. The molecule has 1 atom stereocenters. The summed E-state index contributed by atoms with van der Waals surface area (Å²) >= 11 is 2.88. The second-order valence-corrected chi connectivity index (χ2v) is 7.49. The third kappa shape index (κ3) is 3.51. The Kier molecular flexibility index (Phi) is 5.00. The van der Waals surface area contributed by atoms with Gasteiger partial charge in [0, 0.05) is 6.92 Å². The smallest absolute Gasteiger partial charge is 0.269 e. The Morgan fingerprint density at radius 1 is 1.42 bits per heavy atom. The van der Waals surface area contributed by atoms with Gasteiger partial charge in [-0.15, -0.1) is 10.2 Å². The number of para-hydroxylation sites is 2. The van der Waals surface area contributed by atoms with Crippen LogP contribution in [0.3, 0.4) is 0 Å². The second-order valence-electron chi connectivity index (χ2n) is 5.00. The Hall–Kier alpha value is -2.13. The average Bonchev–Trinajstić information content (AvgIpc) is 3.01. The number of hydrogen-bond acceptors (Lipinski definition) is 7. The lowest BCUT2D eigenvalue weighted by Crippen LogP contribution is -2.48. The number of benzene rings is 1. The molecule has 0 spiro atoms. The Labute approximate surface area is 147 Å². The van der Waals surface area contributed by atoms with Crippen LogP contribution in [0.15, 0.2) is 28.6 Å². The minimum absolute atomic E-state index is 0.138. The van der Waals surface area contributed by atoms with Crippen LogP contribution in [-0.4, -0.2) is 40.4 Å². The van der Waals surface area contributed by atoms with Crippen molar-refractivity contribution in [3.05, 3.63) is 24.3 Å². The van der Waals surface area contributed by atoms with Crippen molar-refractivity contribution in [2.75, 3.05) is 22.5 Å². The fourth-order valence-electron chi connectivity index (χ4n) is 2.30. The largest absolute Gasteiger partial charge is 0.476 e. The molecule has 0 fully saturated rings. The Bertz CT molecular complexity index is 765. The van der Waals surface area contributed by atoms with Crippen LogP contribution in [0.1, 0.15) is 13.8 Å². The number of amides is 2. The zero-order chi connectivity index (χ0) is 17.1. The normalized spacial score (nSPS) is 16.2. The maximum Gasteiger partial charge on any atom is 0.269 e. The second kappa shape index (κ2) is 7.18. The summed E-state index contributed by atoms with van der Waals surface area (Å²) in [7, 11) is 0. The molecule has 1 N–H and O–H groups in total. The summed E-state index contributed by atoms with van der Waals surface area (Å²) < 4.78 is 6.55. The molecule has 9 heteroatoms. The standard InChI is InChI=1S/C15H16N4O3S2/c1-3-23-15-18-17-14(24-15)16-13(21)12-8-19(9(2)20)10-6-4-5-7-11(10)22-12/h4-7,12H,3,8H2,1-2H3,(H,16,17,21)/t12-/m0/s1. The molecule has 0 aliphatic carbocycles. The molecule has 0 unspecified atom stereocenters. The molecular weight excluding hydrogens is 348 g/mol. The molecule has 126 valence electrons. The van der Waals surface area contributed by atoms with Crippen molar-refractivity contribution in [2.24, 2.45) is 0 Å². The fraction of sp³-hybridized carbons (Fsp3) is 0.333. The van der Waals surface area contributed by atoms with Gasteiger partial charge in [0.25, 0.3) is 5.91 Å². The number of carbonyl (C=O) groups is 2. The predicted octanol–water partition coefficient (Wildman–Crippen LogP) is 2.40. The van der Waals surface area contributed by atoms with E-state index in [1.165, 1.54) is 18.3 Å². The van der Waals surface area contributed by atoms with Gasteiger partial charge in [-0.25, -0.2) is 0 Å². The zero-order valence-corrected chi connectivity index (χ0v) is 14.8. The number of ether oxygens (including phenoxy) is 1. The van der Waals surface area contributed by atoms with E-state index in [1.54, 1.807) is 34.9 Å². The first kappa shape index (κ1) is 16.7. The Morgan fingerprint density at radius 3 is 2.96 bits per heavy atom. The fourth-order valence-corrected chi connectivity index (χ4v) is 3.95. The van der Waals surface area contributed by atoms with Gasteiger partial charge in [0.2, 0.25) is 11.0 Å². The van der Waals surface area contributed by atoms with Crippen LogP contribution in [0.5, 0.6) is 5.75 Å². The molecule has 1 aromatic heterocycles. The van der Waals surface area contributed by atoms with E-state index in [1.807, 2.05) is 13.0 Å². The van der Waals surface area contributed by atoms with Gasteiger partial charge in [0.15, 0.2) is 10.4 Å². The third-order valence-electron chi connectivity index (χ3n) is 3.35. The van der Waals surface area contributed by atoms with Crippen LogP contribution in [0.4, 0.5) is 10.8 Å². The van der Waals surface area contributed by atoms with Crippen LogP contribution >= 0.6 is 23.1 Å². The minimum atomic E-state index is -0.796. The van der Waals surface area contributed by atoms with E-state index < -0.39 is 6.10 Å². The molecular formula is C15H16N4O3S2. The van der Waals surface area contributed by atoms with Gasteiger partial charge in [-0.05, 0) is 17.9 Å². The lowest BCUT2D eigenvalue weighted by Gasteiger charge is -2.33. The molecule has 1 aliphatic heterocycles. The Balaban J connectivity index is 1.74. The summed E-state index contributed by atoms with van der Waals surface area (Å²) in [5.41, 5.74) is 0.673. The van der Waals surface area contributed by atoms with Crippen LogP contribution in [0, 0.1) is 0 Å². The third-order valence-corrected chi connectivity index (χ3v) is 5.20. The maximum absolute atomic E-state index is 12.5. The molecule has 1 aromatic carbocycles. The number of aromatic nitrogens is 2. The topological polar surface area (TPSA) is 84.4 Å². The molecule has 0 saturated heterocycles. The van der Waals surface area contributed by atoms with E-state index >= 15 is 0 Å². The highest BCUT2D eigenvalue weighted by atomic mass is 32.2. The van der Waals surface area contributed by atoms with E-state index in [2.05, 4.69) is 15.5 Å². The molecule has 0 bridgehead atoms. The first-order valence-electron chi connectivity index (χ1n) is 7.39. The van der Waals surface area contributed by atoms with Crippen molar-refractivity contribution in [2.45, 2.75) is 24.3 Å². The molecule has 0 radical (unpaired) electrons. The number of nitrogens with zero attached hydrogens (tertiary/aromatic N) is 3. The first-order chi connectivity index (χ1) is 11.6. The van der Waals surface area contributed by atoms with Crippen LogP contribution in [-0.2, 0) is 9.59 Å². The highest BCUT2D eigenvalue weighted by Crippen LogP contribution is 2.33.